The summed E-state index contributed by atoms with van der Waals surface area (Å²) in [5, 5.41) is 3.29. The van der Waals surface area contributed by atoms with Gasteiger partial charge in [0, 0.05) is 22.4 Å². The van der Waals surface area contributed by atoms with Crippen molar-refractivity contribution in [3.63, 3.8) is 0 Å². The number of hydrogen-bond donors (Lipinski definition) is 2. The standard InChI is InChI=1S/C16H19BrN2O2S/c1-2-3-12-18-14-6-8-15(9-7-14)19-22(20,21)16-10-4-13(17)5-11-16/h4-11,18-19H,2-3,12H2,1H3. The van der Waals surface area contributed by atoms with E-state index in [-0.39, 0.29) is 4.90 Å². The second-order valence-corrected chi connectivity index (χ2v) is 7.52. The third-order valence-corrected chi connectivity index (χ3v) is 5.05. The van der Waals surface area contributed by atoms with Gasteiger partial charge in [0.1, 0.15) is 0 Å². The summed E-state index contributed by atoms with van der Waals surface area (Å²) in [5.41, 5.74) is 1.53. The highest BCUT2D eigenvalue weighted by molar-refractivity contribution is 9.10. The van der Waals surface area contributed by atoms with Crippen molar-refractivity contribution in [2.45, 2.75) is 24.7 Å². The van der Waals surface area contributed by atoms with Crippen molar-refractivity contribution < 1.29 is 8.42 Å². The highest BCUT2D eigenvalue weighted by Crippen LogP contribution is 2.20. The molecule has 22 heavy (non-hydrogen) atoms. The summed E-state index contributed by atoms with van der Waals surface area (Å²) < 4.78 is 28.0. The van der Waals surface area contributed by atoms with Gasteiger partial charge in [-0.1, -0.05) is 29.3 Å². The van der Waals surface area contributed by atoms with Gasteiger partial charge in [-0.25, -0.2) is 8.42 Å². The summed E-state index contributed by atoms with van der Waals surface area (Å²) in [5.74, 6) is 0. The van der Waals surface area contributed by atoms with Crippen LogP contribution in [0.4, 0.5) is 11.4 Å². The molecule has 0 aliphatic rings. The van der Waals surface area contributed by atoms with Gasteiger partial charge in [-0.2, -0.15) is 0 Å². The Morgan fingerprint density at radius 2 is 1.55 bits per heavy atom. The maximum atomic E-state index is 12.3. The van der Waals surface area contributed by atoms with E-state index in [1.165, 1.54) is 0 Å². The Balaban J connectivity index is 2.05. The van der Waals surface area contributed by atoms with Crippen LogP contribution in [0.15, 0.2) is 57.9 Å². The monoisotopic (exact) mass is 382 g/mol. The molecule has 0 aliphatic carbocycles. The molecule has 6 heteroatoms. The lowest BCUT2D eigenvalue weighted by Gasteiger charge is -2.10. The van der Waals surface area contributed by atoms with Crippen LogP contribution in [0, 0.1) is 0 Å². The van der Waals surface area contributed by atoms with Gasteiger partial charge in [0.2, 0.25) is 0 Å². The van der Waals surface area contributed by atoms with Crippen LogP contribution in [0.3, 0.4) is 0 Å². The van der Waals surface area contributed by atoms with Gasteiger partial charge < -0.3 is 5.32 Å². The summed E-state index contributed by atoms with van der Waals surface area (Å²) in [6.07, 6.45) is 2.25. The Hall–Kier alpha value is -1.53. The van der Waals surface area contributed by atoms with E-state index in [9.17, 15) is 8.42 Å². The van der Waals surface area contributed by atoms with Crippen LogP contribution < -0.4 is 10.0 Å². The van der Waals surface area contributed by atoms with Gasteiger partial charge in [0.25, 0.3) is 10.0 Å². The van der Waals surface area contributed by atoms with E-state index in [0.29, 0.717) is 5.69 Å². The van der Waals surface area contributed by atoms with Crippen molar-refractivity contribution in [3.8, 4) is 0 Å². The average Bonchev–Trinajstić information content (AvgIpc) is 2.49. The molecule has 0 atom stereocenters. The van der Waals surface area contributed by atoms with Gasteiger partial charge in [0.15, 0.2) is 0 Å². The second-order valence-electron chi connectivity index (χ2n) is 4.92. The molecule has 0 aliphatic heterocycles. The zero-order chi connectivity index (χ0) is 16.0. The Morgan fingerprint density at radius 1 is 0.955 bits per heavy atom. The highest BCUT2D eigenvalue weighted by atomic mass is 79.9. The van der Waals surface area contributed by atoms with E-state index < -0.39 is 10.0 Å². The van der Waals surface area contributed by atoms with Crippen molar-refractivity contribution in [2.24, 2.45) is 0 Å². The Bertz CT molecular complexity index is 698. The first-order chi connectivity index (χ1) is 10.5. The van der Waals surface area contributed by atoms with Gasteiger partial charge in [0.05, 0.1) is 4.90 Å². The summed E-state index contributed by atoms with van der Waals surface area (Å²) in [7, 11) is -3.56. The molecule has 0 amide bonds. The number of halogens is 1. The normalized spacial score (nSPS) is 11.2. The third kappa shape index (κ3) is 4.74. The van der Waals surface area contributed by atoms with E-state index in [2.05, 4.69) is 32.9 Å². The molecule has 2 N–H and O–H groups in total. The molecule has 2 aromatic carbocycles. The fraction of sp³-hybridized carbons (Fsp3) is 0.250. The number of sulfonamides is 1. The number of hydrogen-bond acceptors (Lipinski definition) is 3. The summed E-state index contributed by atoms with van der Waals surface area (Å²) in [6, 6.07) is 13.8. The number of anilines is 2. The summed E-state index contributed by atoms with van der Waals surface area (Å²) in [4.78, 5) is 0.237. The van der Waals surface area contributed by atoms with Crippen LogP contribution in [0.5, 0.6) is 0 Å². The molecule has 0 aromatic heterocycles. The number of unbranched alkanes of at least 4 members (excludes halogenated alkanes) is 1. The third-order valence-electron chi connectivity index (χ3n) is 3.12. The minimum absolute atomic E-state index is 0.237. The molecule has 118 valence electrons. The maximum absolute atomic E-state index is 12.3. The predicted molar refractivity (Wildman–Crippen MR) is 94.8 cm³/mol. The molecular formula is C16H19BrN2O2S. The van der Waals surface area contributed by atoms with Crippen molar-refractivity contribution in [1.29, 1.82) is 0 Å². The van der Waals surface area contributed by atoms with Crippen molar-refractivity contribution in [1.82, 2.24) is 0 Å². The molecule has 0 bridgehead atoms. The fourth-order valence-electron chi connectivity index (χ4n) is 1.89. The molecule has 0 saturated carbocycles. The van der Waals surface area contributed by atoms with Crippen LogP contribution in [-0.2, 0) is 10.0 Å². The Morgan fingerprint density at radius 3 is 2.14 bits per heavy atom. The lowest BCUT2D eigenvalue weighted by Crippen LogP contribution is -2.12. The minimum atomic E-state index is -3.56. The molecule has 2 rings (SSSR count). The van der Waals surface area contributed by atoms with Gasteiger partial charge in [-0.05, 0) is 55.0 Å². The topological polar surface area (TPSA) is 58.2 Å². The molecule has 2 aromatic rings. The summed E-state index contributed by atoms with van der Waals surface area (Å²) >= 11 is 3.29. The number of nitrogens with one attached hydrogen (secondary N) is 2. The molecule has 0 fully saturated rings. The van der Waals surface area contributed by atoms with Crippen LogP contribution in [0.2, 0.25) is 0 Å². The van der Waals surface area contributed by atoms with Crippen LogP contribution in [0.1, 0.15) is 19.8 Å². The Labute approximate surface area is 140 Å². The van der Waals surface area contributed by atoms with E-state index >= 15 is 0 Å². The maximum Gasteiger partial charge on any atom is 0.261 e. The molecule has 0 heterocycles. The minimum Gasteiger partial charge on any atom is -0.385 e. The number of benzene rings is 2. The average molecular weight is 383 g/mol. The molecular weight excluding hydrogens is 364 g/mol. The van der Waals surface area contributed by atoms with Crippen LogP contribution >= 0.6 is 15.9 Å². The van der Waals surface area contributed by atoms with Crippen molar-refractivity contribution in [2.75, 3.05) is 16.6 Å². The van der Waals surface area contributed by atoms with E-state index in [0.717, 1.165) is 29.5 Å². The Kier molecular flexibility index (Phi) is 5.85. The van der Waals surface area contributed by atoms with Crippen LogP contribution in [-0.4, -0.2) is 15.0 Å². The zero-order valence-electron chi connectivity index (χ0n) is 12.3. The zero-order valence-corrected chi connectivity index (χ0v) is 14.7. The quantitative estimate of drug-likeness (QED) is 0.694. The van der Waals surface area contributed by atoms with Gasteiger partial charge in [-0.15, -0.1) is 0 Å². The molecule has 0 unspecified atom stereocenters. The van der Waals surface area contributed by atoms with Crippen LogP contribution in [0.25, 0.3) is 0 Å². The van der Waals surface area contributed by atoms with E-state index in [1.807, 2.05) is 12.1 Å². The predicted octanol–water partition coefficient (Wildman–Crippen LogP) is 4.46. The SMILES string of the molecule is CCCCNc1ccc(NS(=O)(=O)c2ccc(Br)cc2)cc1. The molecule has 4 nitrogen and oxygen atoms in total. The first kappa shape index (κ1) is 16.8. The van der Waals surface area contributed by atoms with Crippen molar-refractivity contribution in [3.05, 3.63) is 53.0 Å². The van der Waals surface area contributed by atoms with E-state index in [4.69, 9.17) is 0 Å². The molecule has 0 spiro atoms. The smallest absolute Gasteiger partial charge is 0.261 e. The first-order valence-corrected chi connectivity index (χ1v) is 9.41. The van der Waals surface area contributed by atoms with Gasteiger partial charge >= 0.3 is 0 Å². The fourth-order valence-corrected chi connectivity index (χ4v) is 3.22. The molecule has 0 radical (unpaired) electrons. The number of rotatable bonds is 7. The van der Waals surface area contributed by atoms with Crippen molar-refractivity contribution >= 4 is 37.3 Å². The lowest BCUT2D eigenvalue weighted by atomic mass is 10.2. The largest absolute Gasteiger partial charge is 0.385 e. The lowest BCUT2D eigenvalue weighted by molar-refractivity contribution is 0.601. The van der Waals surface area contributed by atoms with Gasteiger partial charge in [-0.3, -0.25) is 4.72 Å². The highest BCUT2D eigenvalue weighted by Gasteiger charge is 2.13. The van der Waals surface area contributed by atoms with E-state index in [1.54, 1.807) is 36.4 Å². The second kappa shape index (κ2) is 7.65. The molecule has 0 saturated heterocycles. The first-order valence-electron chi connectivity index (χ1n) is 7.13. The summed E-state index contributed by atoms with van der Waals surface area (Å²) in [6.45, 7) is 3.06.